The number of carbonyl (C=O) groups excluding carboxylic acids is 1. The summed E-state index contributed by atoms with van der Waals surface area (Å²) in [4.78, 5) is 15.0. The van der Waals surface area contributed by atoms with Crippen LogP contribution in [0.2, 0.25) is 0 Å². The monoisotopic (exact) mass is 386 g/mol. The molecule has 0 spiro atoms. The van der Waals surface area contributed by atoms with Crippen molar-refractivity contribution in [2.24, 2.45) is 0 Å². The lowest BCUT2D eigenvalue weighted by atomic mass is 10.00. The molecule has 0 atom stereocenters. The highest BCUT2D eigenvalue weighted by atomic mass is 19.1. The van der Waals surface area contributed by atoms with E-state index in [-0.39, 0.29) is 29.1 Å². The molecule has 148 valence electrons. The molecule has 4 rings (SSSR count). The smallest absolute Gasteiger partial charge is 0.257 e. The van der Waals surface area contributed by atoms with Gasteiger partial charge in [-0.3, -0.25) is 4.79 Å². The molecule has 0 radical (unpaired) electrons. The third-order valence-electron chi connectivity index (χ3n) is 5.56. The second kappa shape index (κ2) is 7.87. The van der Waals surface area contributed by atoms with Crippen LogP contribution in [-0.2, 0) is 0 Å². The molecule has 4 nitrogen and oxygen atoms in total. The molecule has 0 bridgehead atoms. The Morgan fingerprint density at radius 3 is 2.32 bits per heavy atom. The number of amides is 1. The molecule has 2 aromatic carbocycles. The first-order valence-corrected chi connectivity index (χ1v) is 9.75. The number of hydrogen-bond donors (Lipinski definition) is 1. The highest BCUT2D eigenvalue weighted by Gasteiger charge is 2.38. The summed E-state index contributed by atoms with van der Waals surface area (Å²) in [6, 6.07) is 9.14. The zero-order valence-electron chi connectivity index (χ0n) is 15.9. The van der Waals surface area contributed by atoms with E-state index in [9.17, 15) is 13.6 Å². The Morgan fingerprint density at radius 2 is 1.71 bits per heavy atom. The predicted octanol–water partition coefficient (Wildman–Crippen LogP) is 4.00. The van der Waals surface area contributed by atoms with Crippen LogP contribution in [0.1, 0.15) is 36.0 Å². The van der Waals surface area contributed by atoms with Crippen molar-refractivity contribution in [3.63, 3.8) is 0 Å². The number of ether oxygens (including phenoxy) is 1. The van der Waals surface area contributed by atoms with Gasteiger partial charge in [-0.15, -0.1) is 0 Å². The fourth-order valence-corrected chi connectivity index (χ4v) is 3.92. The minimum absolute atomic E-state index is 0.0584. The predicted molar refractivity (Wildman–Crippen MR) is 103 cm³/mol. The van der Waals surface area contributed by atoms with Crippen molar-refractivity contribution in [3.05, 3.63) is 53.6 Å². The molecule has 1 aliphatic carbocycles. The number of nitrogens with one attached hydrogen (secondary N) is 1. The molecular weight excluding hydrogens is 362 g/mol. The fraction of sp³-hybridized carbons (Fsp3) is 0.409. The molecule has 28 heavy (non-hydrogen) atoms. The van der Waals surface area contributed by atoms with Crippen molar-refractivity contribution in [2.75, 3.05) is 20.2 Å². The first kappa shape index (κ1) is 18.9. The lowest BCUT2D eigenvalue weighted by Gasteiger charge is -2.35. The molecule has 0 aromatic heterocycles. The van der Waals surface area contributed by atoms with Gasteiger partial charge in [0, 0.05) is 23.7 Å². The fourth-order valence-electron chi connectivity index (χ4n) is 3.92. The van der Waals surface area contributed by atoms with Crippen LogP contribution in [0.3, 0.4) is 0 Å². The van der Waals surface area contributed by atoms with Gasteiger partial charge in [-0.05, 0) is 68.6 Å². The Morgan fingerprint density at radius 1 is 1.00 bits per heavy atom. The second-order valence-corrected chi connectivity index (χ2v) is 7.47. The van der Waals surface area contributed by atoms with Crippen molar-refractivity contribution >= 4 is 5.91 Å². The summed E-state index contributed by atoms with van der Waals surface area (Å²) in [6.45, 7) is 1.75. The maximum absolute atomic E-state index is 14.9. The van der Waals surface area contributed by atoms with Crippen molar-refractivity contribution in [2.45, 2.75) is 37.8 Å². The SMILES string of the molecule is COc1ccc(-c2ccc(C(=O)N(C3CCNCC3)C3CC3)c(F)c2)c(F)c1. The molecule has 1 heterocycles. The van der Waals surface area contributed by atoms with Gasteiger partial charge in [0.1, 0.15) is 17.4 Å². The third kappa shape index (κ3) is 3.74. The van der Waals surface area contributed by atoms with E-state index in [1.54, 1.807) is 18.2 Å². The van der Waals surface area contributed by atoms with Crippen molar-refractivity contribution in [1.29, 1.82) is 0 Å². The summed E-state index contributed by atoms with van der Waals surface area (Å²) < 4.78 is 34.2. The van der Waals surface area contributed by atoms with E-state index in [0.717, 1.165) is 38.8 Å². The number of piperidine rings is 1. The average molecular weight is 386 g/mol. The van der Waals surface area contributed by atoms with Gasteiger partial charge in [0.25, 0.3) is 5.91 Å². The molecule has 1 amide bonds. The number of nitrogens with zero attached hydrogens (tertiary/aromatic N) is 1. The lowest BCUT2D eigenvalue weighted by molar-refractivity contribution is 0.0618. The molecule has 2 fully saturated rings. The molecule has 1 saturated heterocycles. The normalized spacial score (nSPS) is 17.4. The summed E-state index contributed by atoms with van der Waals surface area (Å²) >= 11 is 0. The van der Waals surface area contributed by atoms with Crippen LogP contribution in [0.5, 0.6) is 5.75 Å². The minimum Gasteiger partial charge on any atom is -0.497 e. The standard InChI is InChI=1S/C22H24F2N2O2/c1-28-17-5-7-18(21(24)13-17)14-2-6-19(20(23)12-14)22(27)26(15-3-4-15)16-8-10-25-11-9-16/h2,5-7,12-13,15-16,25H,3-4,8-11H2,1H3. The van der Waals surface area contributed by atoms with Gasteiger partial charge in [-0.25, -0.2) is 8.78 Å². The van der Waals surface area contributed by atoms with Gasteiger partial charge >= 0.3 is 0 Å². The number of hydrogen-bond acceptors (Lipinski definition) is 3. The maximum atomic E-state index is 14.9. The number of halogens is 2. The van der Waals surface area contributed by atoms with E-state index in [2.05, 4.69) is 5.32 Å². The van der Waals surface area contributed by atoms with Crippen LogP contribution in [0, 0.1) is 11.6 Å². The van der Waals surface area contributed by atoms with Crippen LogP contribution in [-0.4, -0.2) is 43.1 Å². The Labute approximate surface area is 163 Å². The van der Waals surface area contributed by atoms with E-state index in [0.29, 0.717) is 11.3 Å². The van der Waals surface area contributed by atoms with Crippen molar-refractivity contribution in [1.82, 2.24) is 10.2 Å². The maximum Gasteiger partial charge on any atom is 0.257 e. The number of carbonyl (C=O) groups is 1. The Kier molecular flexibility index (Phi) is 5.31. The molecule has 1 N–H and O–H groups in total. The highest BCUT2D eigenvalue weighted by Crippen LogP contribution is 2.34. The Balaban J connectivity index is 1.61. The number of benzene rings is 2. The van der Waals surface area contributed by atoms with Crippen LogP contribution in [0.25, 0.3) is 11.1 Å². The van der Waals surface area contributed by atoms with E-state index >= 15 is 0 Å². The van der Waals surface area contributed by atoms with E-state index in [1.165, 1.54) is 25.3 Å². The van der Waals surface area contributed by atoms with Crippen LogP contribution in [0.4, 0.5) is 8.78 Å². The van der Waals surface area contributed by atoms with Crippen LogP contribution >= 0.6 is 0 Å². The van der Waals surface area contributed by atoms with E-state index in [1.807, 2.05) is 4.90 Å². The van der Waals surface area contributed by atoms with Gasteiger partial charge in [-0.2, -0.15) is 0 Å². The quantitative estimate of drug-likeness (QED) is 0.845. The molecule has 2 aromatic rings. The van der Waals surface area contributed by atoms with Crippen molar-refractivity contribution < 1.29 is 18.3 Å². The second-order valence-electron chi connectivity index (χ2n) is 7.47. The Hall–Kier alpha value is -2.47. The molecule has 2 aliphatic rings. The van der Waals surface area contributed by atoms with Gasteiger partial charge in [0.2, 0.25) is 0 Å². The highest BCUT2D eigenvalue weighted by molar-refractivity contribution is 5.95. The zero-order chi connectivity index (χ0) is 19.7. The van der Waals surface area contributed by atoms with E-state index in [4.69, 9.17) is 4.74 Å². The lowest BCUT2D eigenvalue weighted by Crippen LogP contribution is -2.47. The van der Waals surface area contributed by atoms with E-state index < -0.39 is 11.6 Å². The number of rotatable bonds is 5. The minimum atomic E-state index is -0.614. The van der Waals surface area contributed by atoms with Gasteiger partial charge in [0.05, 0.1) is 12.7 Å². The largest absolute Gasteiger partial charge is 0.497 e. The summed E-state index contributed by atoms with van der Waals surface area (Å²) in [6.07, 6.45) is 3.73. The van der Waals surface area contributed by atoms with Crippen LogP contribution < -0.4 is 10.1 Å². The van der Waals surface area contributed by atoms with Crippen molar-refractivity contribution in [3.8, 4) is 16.9 Å². The molecule has 1 aliphatic heterocycles. The first-order valence-electron chi connectivity index (χ1n) is 9.75. The van der Waals surface area contributed by atoms with Gasteiger partial charge in [-0.1, -0.05) is 6.07 Å². The van der Waals surface area contributed by atoms with Gasteiger partial charge < -0.3 is 15.0 Å². The third-order valence-corrected chi connectivity index (χ3v) is 5.56. The average Bonchev–Trinajstić information content (AvgIpc) is 3.53. The summed E-state index contributed by atoms with van der Waals surface area (Å²) in [5.41, 5.74) is 0.730. The molecular formula is C22H24F2N2O2. The molecule has 6 heteroatoms. The summed E-state index contributed by atoms with van der Waals surface area (Å²) in [5.74, 6) is -0.964. The number of methoxy groups -OCH3 is 1. The topological polar surface area (TPSA) is 41.6 Å². The van der Waals surface area contributed by atoms with Gasteiger partial charge in [0.15, 0.2) is 0 Å². The molecule has 0 unspecified atom stereocenters. The van der Waals surface area contributed by atoms with Crippen LogP contribution in [0.15, 0.2) is 36.4 Å². The first-order chi connectivity index (χ1) is 13.6. The summed E-state index contributed by atoms with van der Waals surface area (Å²) in [7, 11) is 1.46. The summed E-state index contributed by atoms with van der Waals surface area (Å²) in [5, 5.41) is 3.30. The zero-order valence-corrected chi connectivity index (χ0v) is 15.9. The molecule has 1 saturated carbocycles. The Bertz CT molecular complexity index is 877.